The van der Waals surface area contributed by atoms with Crippen LogP contribution in [-0.4, -0.2) is 37.1 Å². The van der Waals surface area contributed by atoms with Crippen LogP contribution in [-0.2, 0) is 0 Å². The van der Waals surface area contributed by atoms with Crippen LogP contribution in [0.4, 0.5) is 0 Å². The highest BCUT2D eigenvalue weighted by atomic mass is 28.3. The van der Waals surface area contributed by atoms with Crippen LogP contribution in [0.1, 0.15) is 0 Å². The van der Waals surface area contributed by atoms with Gasteiger partial charge in [0.05, 0.1) is 22.1 Å². The molecule has 11 rings (SSSR count). The van der Waals surface area contributed by atoms with Gasteiger partial charge in [-0.15, -0.1) is 0 Å². The number of hydrogen-bond acceptors (Lipinski definition) is 4. The number of hydrogen-bond donors (Lipinski definition) is 0. The summed E-state index contributed by atoms with van der Waals surface area (Å²) in [6, 6.07) is 72.7. The van der Waals surface area contributed by atoms with Gasteiger partial charge in [-0.25, -0.2) is 0 Å². The van der Waals surface area contributed by atoms with E-state index in [1.54, 1.807) is 0 Å². The van der Waals surface area contributed by atoms with Crippen molar-refractivity contribution in [2.75, 3.05) is 0 Å². The molecule has 0 spiro atoms. The maximum Gasteiger partial charge on any atom is 0.240 e. The lowest BCUT2D eigenvalue weighted by atomic mass is 10.2. The van der Waals surface area contributed by atoms with Gasteiger partial charge in [-0.2, -0.15) is 15.0 Å². The maximum absolute atomic E-state index is 5.63. The first-order valence-corrected chi connectivity index (χ1v) is 21.2. The third kappa shape index (κ3) is 5.17. The van der Waals surface area contributed by atoms with E-state index in [1.165, 1.54) is 15.6 Å². The van der Waals surface area contributed by atoms with Crippen molar-refractivity contribution in [1.82, 2.24) is 29.1 Å². The molecule has 4 aromatic heterocycles. The second-order valence-electron chi connectivity index (χ2n) is 14.3. The van der Waals surface area contributed by atoms with Crippen LogP contribution in [0, 0.1) is 0 Å². The van der Waals surface area contributed by atoms with E-state index in [9.17, 15) is 0 Å². The first-order valence-electron chi connectivity index (χ1n) is 19.2. The highest BCUT2D eigenvalue weighted by molar-refractivity contribution is 7.19. The Kier molecular flexibility index (Phi) is 7.72. The zero-order chi connectivity index (χ0) is 37.8. The van der Waals surface area contributed by atoms with Crippen LogP contribution >= 0.6 is 0 Å². The zero-order valence-electron chi connectivity index (χ0n) is 30.8. The summed E-state index contributed by atoms with van der Waals surface area (Å²) in [6.45, 7) is 0. The van der Waals surface area contributed by atoms with Crippen LogP contribution in [0.25, 0.3) is 67.0 Å². The number of nitrogens with zero attached hydrogens (tertiary/aromatic N) is 6. The van der Waals surface area contributed by atoms with Gasteiger partial charge < -0.3 is 0 Å². The molecular weight excluding hydrogens is 713 g/mol. The number of aromatic nitrogens is 6. The van der Waals surface area contributed by atoms with Gasteiger partial charge in [-0.3, -0.25) is 14.1 Å². The normalized spacial score (nSPS) is 11.9. The second kappa shape index (κ2) is 13.4. The maximum atomic E-state index is 5.63. The van der Waals surface area contributed by atoms with Gasteiger partial charge in [0.25, 0.3) is 0 Å². The summed E-state index contributed by atoms with van der Waals surface area (Å²) in [7, 11) is -2.94. The fraction of sp³-hybridized carbons (Fsp3) is 0. The lowest BCUT2D eigenvalue weighted by molar-refractivity contribution is 0.889. The Hall–Kier alpha value is -7.48. The topological polar surface area (TPSA) is 61.4 Å². The van der Waals surface area contributed by atoms with Crippen molar-refractivity contribution in [3.63, 3.8) is 0 Å². The number of para-hydroxylation sites is 4. The molecule has 11 aromatic rings. The minimum absolute atomic E-state index is 0.498. The van der Waals surface area contributed by atoms with Crippen molar-refractivity contribution in [1.29, 1.82) is 0 Å². The molecular formula is C50H34N6Si. The summed E-state index contributed by atoms with van der Waals surface area (Å²) in [4.78, 5) is 21.6. The Balaban J connectivity index is 1.22. The Morgan fingerprint density at radius 1 is 0.298 bits per heavy atom. The molecule has 0 aliphatic heterocycles. The van der Waals surface area contributed by atoms with E-state index in [1.807, 2.05) is 6.07 Å². The van der Waals surface area contributed by atoms with E-state index in [4.69, 9.17) is 19.9 Å². The standard InChI is InChI=1S/C50H34N6Si/c1-4-19-35(20-5-1)57(36-21-6-2-7-22-36,37-23-8-3-9-24-37)47-34-18-29-42(51-47)48-52-49(55-43-30-14-10-25-38(43)39-26-11-15-31-44(39)55)54-50(53-48)56-45-32-16-12-27-40(45)41-28-13-17-33-46(41)56/h1-34H. The number of fused-ring (bicyclic) bond motifs is 6. The fourth-order valence-corrected chi connectivity index (χ4v) is 13.3. The summed E-state index contributed by atoms with van der Waals surface area (Å²) in [5, 5.41) is 9.30. The molecule has 7 aromatic carbocycles. The Bertz CT molecular complexity index is 2910. The smallest absolute Gasteiger partial charge is 0.240 e. The summed E-state index contributed by atoms with van der Waals surface area (Å²) >= 11 is 0. The quantitative estimate of drug-likeness (QED) is 0.121. The molecule has 57 heavy (non-hydrogen) atoms. The molecule has 0 bridgehead atoms. The minimum atomic E-state index is -2.94. The molecule has 0 amide bonds. The average Bonchev–Trinajstić information content (AvgIpc) is 3.81. The summed E-state index contributed by atoms with van der Waals surface area (Å²) in [6.07, 6.45) is 0. The fourth-order valence-electron chi connectivity index (χ4n) is 8.72. The molecule has 0 aliphatic rings. The van der Waals surface area contributed by atoms with Gasteiger partial charge in [-0.1, -0.05) is 170 Å². The van der Waals surface area contributed by atoms with E-state index in [0.29, 0.717) is 23.4 Å². The Labute approximate surface area is 330 Å². The van der Waals surface area contributed by atoms with Crippen LogP contribution < -0.4 is 20.9 Å². The number of rotatable bonds is 7. The van der Waals surface area contributed by atoms with E-state index >= 15 is 0 Å². The molecule has 4 heterocycles. The van der Waals surface area contributed by atoms with Gasteiger partial charge in [0, 0.05) is 26.9 Å². The minimum Gasteiger partial charge on any atom is -0.278 e. The van der Waals surface area contributed by atoms with Crippen molar-refractivity contribution in [3.05, 3.63) is 206 Å². The van der Waals surface area contributed by atoms with Gasteiger partial charge in [-0.05, 0) is 52.0 Å². The van der Waals surface area contributed by atoms with Gasteiger partial charge in [0.1, 0.15) is 5.69 Å². The lowest BCUT2D eigenvalue weighted by Gasteiger charge is -2.33. The zero-order valence-corrected chi connectivity index (χ0v) is 31.8. The number of pyridine rings is 1. The first-order chi connectivity index (χ1) is 28.3. The van der Waals surface area contributed by atoms with Crippen LogP contribution in [0.15, 0.2) is 206 Å². The predicted molar refractivity (Wildman–Crippen MR) is 235 cm³/mol. The lowest BCUT2D eigenvalue weighted by Crippen LogP contribution is -2.75. The Morgan fingerprint density at radius 3 is 1.04 bits per heavy atom. The SMILES string of the molecule is c1ccc([Si](c2ccccc2)(c2ccccc2)c2cccc(-c3nc(-n4c5ccccc5c5ccccc54)nc(-n4c5ccccc5c5ccccc54)n3)n2)cc1. The third-order valence-corrected chi connectivity index (χ3v) is 15.8. The van der Waals surface area contributed by atoms with Crippen molar-refractivity contribution < 1.29 is 0 Å². The molecule has 0 saturated carbocycles. The molecule has 268 valence electrons. The largest absolute Gasteiger partial charge is 0.278 e. The van der Waals surface area contributed by atoms with Crippen molar-refractivity contribution in [2.24, 2.45) is 0 Å². The molecule has 6 nitrogen and oxygen atoms in total. The van der Waals surface area contributed by atoms with E-state index in [-0.39, 0.29) is 0 Å². The first kappa shape index (κ1) is 32.9. The van der Waals surface area contributed by atoms with E-state index in [0.717, 1.165) is 48.9 Å². The molecule has 0 unspecified atom stereocenters. The van der Waals surface area contributed by atoms with Gasteiger partial charge in [0.2, 0.25) is 20.0 Å². The summed E-state index contributed by atoms with van der Waals surface area (Å²) in [5.41, 5.74) is 4.77. The van der Waals surface area contributed by atoms with E-state index < -0.39 is 8.07 Å². The van der Waals surface area contributed by atoms with Crippen LogP contribution in [0.5, 0.6) is 0 Å². The van der Waals surface area contributed by atoms with Crippen molar-refractivity contribution in [3.8, 4) is 23.4 Å². The number of benzene rings is 7. The molecule has 0 fully saturated rings. The molecule has 0 N–H and O–H groups in total. The highest BCUT2D eigenvalue weighted by Gasteiger charge is 2.43. The summed E-state index contributed by atoms with van der Waals surface area (Å²) in [5.74, 6) is 1.55. The van der Waals surface area contributed by atoms with Crippen LogP contribution in [0.3, 0.4) is 0 Å². The molecule has 0 atom stereocenters. The predicted octanol–water partition coefficient (Wildman–Crippen LogP) is 8.51. The average molecular weight is 747 g/mol. The third-order valence-electron chi connectivity index (χ3n) is 11.2. The van der Waals surface area contributed by atoms with Crippen molar-refractivity contribution >= 4 is 72.6 Å². The van der Waals surface area contributed by atoms with Gasteiger partial charge >= 0.3 is 0 Å². The van der Waals surface area contributed by atoms with Gasteiger partial charge in [0.15, 0.2) is 5.82 Å². The molecule has 0 saturated heterocycles. The monoisotopic (exact) mass is 746 g/mol. The van der Waals surface area contributed by atoms with Crippen molar-refractivity contribution in [2.45, 2.75) is 0 Å². The van der Waals surface area contributed by atoms with E-state index in [2.05, 4.69) is 209 Å². The van der Waals surface area contributed by atoms with Crippen LogP contribution in [0.2, 0.25) is 0 Å². The second-order valence-corrected chi connectivity index (χ2v) is 18.0. The molecule has 0 aliphatic carbocycles. The Morgan fingerprint density at radius 2 is 0.649 bits per heavy atom. The molecule has 0 radical (unpaired) electrons. The summed E-state index contributed by atoms with van der Waals surface area (Å²) < 4.78 is 4.32. The molecule has 7 heteroatoms. The highest BCUT2D eigenvalue weighted by Crippen LogP contribution is 2.34.